The molecular formula is C14H23N3O2S. The highest BCUT2D eigenvalue weighted by Crippen LogP contribution is 2.26. The molecule has 1 atom stereocenters. The van der Waals surface area contributed by atoms with E-state index in [2.05, 4.69) is 15.2 Å². The maximum Gasteiger partial charge on any atom is 0.407 e. The van der Waals surface area contributed by atoms with Crippen molar-refractivity contribution in [2.45, 2.75) is 51.7 Å². The summed E-state index contributed by atoms with van der Waals surface area (Å²) in [5.41, 5.74) is -0.453. The van der Waals surface area contributed by atoms with Gasteiger partial charge in [-0.05, 0) is 40.0 Å². The Bertz CT molecular complexity index is 428. The third-order valence-electron chi connectivity index (χ3n) is 3.17. The minimum atomic E-state index is -0.453. The topological polar surface area (TPSA) is 54.5 Å². The molecule has 1 N–H and O–H groups in total. The molecule has 2 heterocycles. The molecule has 1 aliphatic rings. The number of thiazole rings is 1. The van der Waals surface area contributed by atoms with Crippen molar-refractivity contribution in [2.24, 2.45) is 0 Å². The summed E-state index contributed by atoms with van der Waals surface area (Å²) in [6.07, 6.45) is 4.94. The van der Waals surface area contributed by atoms with Gasteiger partial charge in [0.05, 0.1) is 0 Å². The minimum absolute atomic E-state index is 0.308. The number of piperidine rings is 1. The van der Waals surface area contributed by atoms with Crippen LogP contribution in [-0.2, 0) is 4.74 Å². The maximum absolute atomic E-state index is 11.7. The van der Waals surface area contributed by atoms with Crippen molar-refractivity contribution in [1.82, 2.24) is 10.3 Å². The van der Waals surface area contributed by atoms with Crippen LogP contribution in [0, 0.1) is 0 Å². The summed E-state index contributed by atoms with van der Waals surface area (Å²) in [5, 5.41) is 5.91. The van der Waals surface area contributed by atoms with E-state index in [1.165, 1.54) is 12.8 Å². The number of aromatic nitrogens is 1. The Labute approximate surface area is 124 Å². The number of anilines is 1. The van der Waals surface area contributed by atoms with Gasteiger partial charge in [0, 0.05) is 30.7 Å². The zero-order valence-corrected chi connectivity index (χ0v) is 13.2. The highest BCUT2D eigenvalue weighted by molar-refractivity contribution is 7.13. The normalized spacial score (nSPS) is 19.8. The number of hydrogen-bond donors (Lipinski definition) is 1. The van der Waals surface area contributed by atoms with Crippen molar-refractivity contribution in [3.05, 3.63) is 11.6 Å². The van der Waals surface area contributed by atoms with Crippen LogP contribution in [0.4, 0.5) is 9.93 Å². The maximum atomic E-state index is 11.7. The van der Waals surface area contributed by atoms with Gasteiger partial charge in [-0.1, -0.05) is 0 Å². The van der Waals surface area contributed by atoms with E-state index >= 15 is 0 Å². The number of hydrogen-bond acceptors (Lipinski definition) is 5. The van der Waals surface area contributed by atoms with E-state index in [4.69, 9.17) is 4.74 Å². The molecule has 1 aromatic heterocycles. The van der Waals surface area contributed by atoms with Crippen molar-refractivity contribution < 1.29 is 9.53 Å². The summed E-state index contributed by atoms with van der Waals surface area (Å²) in [6, 6.07) is 0.308. The van der Waals surface area contributed by atoms with E-state index in [1.807, 2.05) is 32.3 Å². The lowest BCUT2D eigenvalue weighted by Gasteiger charge is -2.35. The molecule has 0 radical (unpaired) electrons. The first-order valence-corrected chi connectivity index (χ1v) is 7.97. The Morgan fingerprint density at radius 1 is 1.55 bits per heavy atom. The summed E-state index contributed by atoms with van der Waals surface area (Å²) in [5.74, 6) is 0. The second-order valence-electron chi connectivity index (χ2n) is 6.04. The molecule has 0 bridgehead atoms. The Balaban J connectivity index is 1.88. The van der Waals surface area contributed by atoms with E-state index in [-0.39, 0.29) is 6.09 Å². The quantitative estimate of drug-likeness (QED) is 0.931. The molecule has 1 aromatic rings. The number of nitrogens with zero attached hydrogens (tertiary/aromatic N) is 2. The first-order chi connectivity index (χ1) is 9.46. The fourth-order valence-electron chi connectivity index (χ4n) is 2.34. The fraction of sp³-hybridized carbons (Fsp3) is 0.714. The van der Waals surface area contributed by atoms with Gasteiger partial charge < -0.3 is 15.0 Å². The molecule has 0 aliphatic carbocycles. The van der Waals surface area contributed by atoms with Crippen molar-refractivity contribution in [3.8, 4) is 0 Å². The predicted octanol–water partition coefficient (Wildman–Crippen LogP) is 3.03. The molecule has 0 saturated carbocycles. The van der Waals surface area contributed by atoms with Crippen molar-refractivity contribution >= 4 is 22.6 Å². The largest absolute Gasteiger partial charge is 0.444 e. The molecule has 2 rings (SSSR count). The van der Waals surface area contributed by atoms with Gasteiger partial charge in [-0.25, -0.2) is 9.78 Å². The van der Waals surface area contributed by atoms with Crippen molar-refractivity contribution in [1.29, 1.82) is 0 Å². The third kappa shape index (κ3) is 4.37. The Hall–Kier alpha value is -1.30. The van der Waals surface area contributed by atoms with Crippen molar-refractivity contribution in [2.75, 3.05) is 18.0 Å². The predicted molar refractivity (Wildman–Crippen MR) is 81.3 cm³/mol. The molecule has 5 nitrogen and oxygen atoms in total. The summed E-state index contributed by atoms with van der Waals surface area (Å²) in [6.45, 7) is 7.22. The molecule has 112 valence electrons. The number of carbonyl (C=O) groups excluding carboxylic acids is 1. The standard InChI is InChI=1S/C14H23N3O2S/c1-14(2,3)19-13(18)16-10-11-6-4-5-8-17(11)12-15-7-9-20-12/h7,9,11H,4-6,8,10H2,1-3H3,(H,16,18)/t11-/m0/s1. The fourth-order valence-corrected chi connectivity index (χ4v) is 3.08. The monoisotopic (exact) mass is 297 g/mol. The van der Waals surface area contributed by atoms with E-state index in [0.717, 1.165) is 18.1 Å². The van der Waals surface area contributed by atoms with Crippen LogP contribution in [0.3, 0.4) is 0 Å². The lowest BCUT2D eigenvalue weighted by molar-refractivity contribution is 0.0523. The highest BCUT2D eigenvalue weighted by Gasteiger charge is 2.25. The molecule has 20 heavy (non-hydrogen) atoms. The second-order valence-corrected chi connectivity index (χ2v) is 6.91. The number of carbonyl (C=O) groups is 1. The van der Waals surface area contributed by atoms with Crippen LogP contribution in [-0.4, -0.2) is 35.8 Å². The van der Waals surface area contributed by atoms with Crippen LogP contribution in [0.1, 0.15) is 40.0 Å². The zero-order chi connectivity index (χ0) is 14.6. The van der Waals surface area contributed by atoms with Gasteiger partial charge in [0.1, 0.15) is 5.60 Å². The molecule has 0 spiro atoms. The highest BCUT2D eigenvalue weighted by atomic mass is 32.1. The Morgan fingerprint density at radius 3 is 3.00 bits per heavy atom. The Kier molecular flexibility index (Phi) is 4.86. The molecular weight excluding hydrogens is 274 g/mol. The number of amides is 1. The van der Waals surface area contributed by atoms with Gasteiger partial charge in [0.15, 0.2) is 5.13 Å². The second kappa shape index (κ2) is 6.43. The molecule has 0 unspecified atom stereocenters. The summed E-state index contributed by atoms with van der Waals surface area (Å²) < 4.78 is 5.27. The number of ether oxygens (including phenoxy) is 1. The van der Waals surface area contributed by atoms with Gasteiger partial charge in [0.25, 0.3) is 0 Å². The Morgan fingerprint density at radius 2 is 2.35 bits per heavy atom. The molecule has 1 saturated heterocycles. The van der Waals surface area contributed by atoms with Crippen LogP contribution in [0.15, 0.2) is 11.6 Å². The third-order valence-corrected chi connectivity index (χ3v) is 3.98. The number of nitrogens with one attached hydrogen (secondary N) is 1. The van der Waals surface area contributed by atoms with Gasteiger partial charge >= 0.3 is 6.09 Å². The average Bonchev–Trinajstić information content (AvgIpc) is 2.88. The van der Waals surface area contributed by atoms with Crippen LogP contribution < -0.4 is 10.2 Å². The first kappa shape index (κ1) is 15.1. The van der Waals surface area contributed by atoms with Crippen LogP contribution >= 0.6 is 11.3 Å². The SMILES string of the molecule is CC(C)(C)OC(=O)NC[C@@H]1CCCCN1c1nccs1. The number of rotatable bonds is 3. The smallest absolute Gasteiger partial charge is 0.407 e. The van der Waals surface area contributed by atoms with E-state index in [9.17, 15) is 4.79 Å². The summed E-state index contributed by atoms with van der Waals surface area (Å²) >= 11 is 1.65. The lowest BCUT2D eigenvalue weighted by atomic mass is 10.0. The van der Waals surface area contributed by atoms with Crippen LogP contribution in [0.5, 0.6) is 0 Å². The molecule has 1 aliphatic heterocycles. The number of alkyl carbamates (subject to hydrolysis) is 1. The molecule has 6 heteroatoms. The van der Waals surface area contributed by atoms with Gasteiger partial charge in [-0.2, -0.15) is 0 Å². The van der Waals surface area contributed by atoms with Crippen LogP contribution in [0.25, 0.3) is 0 Å². The zero-order valence-electron chi connectivity index (χ0n) is 12.4. The average molecular weight is 297 g/mol. The van der Waals surface area contributed by atoms with Gasteiger partial charge in [-0.15, -0.1) is 11.3 Å². The molecule has 0 aromatic carbocycles. The molecule has 1 amide bonds. The van der Waals surface area contributed by atoms with Gasteiger partial charge in [0.2, 0.25) is 0 Å². The first-order valence-electron chi connectivity index (χ1n) is 7.09. The molecule has 1 fully saturated rings. The van der Waals surface area contributed by atoms with E-state index < -0.39 is 5.60 Å². The minimum Gasteiger partial charge on any atom is -0.444 e. The summed E-state index contributed by atoms with van der Waals surface area (Å²) in [4.78, 5) is 18.4. The van der Waals surface area contributed by atoms with Crippen LogP contribution in [0.2, 0.25) is 0 Å². The van der Waals surface area contributed by atoms with E-state index in [0.29, 0.717) is 12.6 Å². The summed E-state index contributed by atoms with van der Waals surface area (Å²) in [7, 11) is 0. The van der Waals surface area contributed by atoms with E-state index in [1.54, 1.807) is 11.3 Å². The van der Waals surface area contributed by atoms with Gasteiger partial charge in [-0.3, -0.25) is 0 Å². The lowest BCUT2D eigenvalue weighted by Crippen LogP contribution is -2.47. The van der Waals surface area contributed by atoms with Crippen molar-refractivity contribution in [3.63, 3.8) is 0 Å².